The third-order valence-corrected chi connectivity index (χ3v) is 18.5. The summed E-state index contributed by atoms with van der Waals surface area (Å²) >= 11 is 0. The van der Waals surface area contributed by atoms with Gasteiger partial charge in [0.05, 0.1) is 35.3 Å². The van der Waals surface area contributed by atoms with Crippen LogP contribution in [0.5, 0.6) is 11.5 Å². The number of para-hydroxylation sites is 4. The molecule has 0 aliphatic rings. The molecule has 0 saturated heterocycles. The van der Waals surface area contributed by atoms with Crippen LogP contribution in [-0.4, -0.2) is 22.3 Å². The van der Waals surface area contributed by atoms with Crippen LogP contribution >= 0.6 is 0 Å². The molecule has 454 valence electrons. The van der Waals surface area contributed by atoms with E-state index in [1.807, 2.05) is 0 Å². The number of benzene rings is 14. The lowest BCUT2D eigenvalue weighted by Crippen LogP contribution is -2.10. The molecule has 94 heavy (non-hydrogen) atoms. The van der Waals surface area contributed by atoms with Gasteiger partial charge in [-0.3, -0.25) is 0 Å². The molecule has 16 aromatic rings. The van der Waals surface area contributed by atoms with Crippen molar-refractivity contribution in [1.29, 1.82) is 0 Å². The van der Waals surface area contributed by atoms with E-state index in [-0.39, 0.29) is 0 Å². The van der Waals surface area contributed by atoms with Crippen molar-refractivity contribution in [3.8, 4) is 56.3 Å². The third kappa shape index (κ3) is 10.6. The molecule has 0 amide bonds. The molecule has 14 aromatic carbocycles. The Balaban J connectivity index is 0.882. The van der Waals surface area contributed by atoms with Crippen molar-refractivity contribution in [3.63, 3.8) is 0 Å². The van der Waals surface area contributed by atoms with Crippen molar-refractivity contribution in [3.05, 3.63) is 315 Å². The Bertz CT molecular complexity index is 5090. The topological polar surface area (TPSA) is 34.8 Å². The van der Waals surface area contributed by atoms with Gasteiger partial charge in [-0.05, 0) is 190 Å². The summed E-state index contributed by atoms with van der Waals surface area (Å²) in [4.78, 5) is 4.84. The van der Waals surface area contributed by atoms with E-state index in [1.54, 1.807) is 0 Å². The summed E-state index contributed by atoms with van der Waals surface area (Å²) in [7, 11) is 0. The minimum atomic E-state index is 0.591. The largest absolute Gasteiger partial charge is 0.493 e. The highest BCUT2D eigenvalue weighted by molar-refractivity contribution is 6.14. The summed E-state index contributed by atoms with van der Waals surface area (Å²) in [5, 5.41) is 9.11. The van der Waals surface area contributed by atoms with Crippen LogP contribution in [0.1, 0.15) is 39.5 Å². The summed E-state index contributed by atoms with van der Waals surface area (Å²) in [6.45, 7) is 5.62. The summed E-state index contributed by atoms with van der Waals surface area (Å²) in [6.07, 6.45) is 3.89. The van der Waals surface area contributed by atoms with Crippen LogP contribution in [0, 0.1) is 0 Å². The Morgan fingerprint density at radius 1 is 0.266 bits per heavy atom. The Hall–Kier alpha value is -11.6. The Labute approximate surface area is 549 Å². The molecule has 0 spiro atoms. The number of unbranched alkanes of at least 4 members (excludes halogenated alkanes) is 2. The molecule has 0 fully saturated rings. The van der Waals surface area contributed by atoms with E-state index in [0.29, 0.717) is 13.2 Å². The van der Waals surface area contributed by atoms with Crippen molar-refractivity contribution in [1.82, 2.24) is 9.13 Å². The summed E-state index contributed by atoms with van der Waals surface area (Å²) in [6, 6.07) is 115. The lowest BCUT2D eigenvalue weighted by molar-refractivity contribution is 0.306. The maximum absolute atomic E-state index is 6.99. The predicted molar refractivity (Wildman–Crippen MR) is 397 cm³/mol. The van der Waals surface area contributed by atoms with E-state index < -0.39 is 0 Å². The van der Waals surface area contributed by atoms with Crippen LogP contribution in [0.2, 0.25) is 0 Å². The number of aromatic nitrogens is 2. The number of hydrogen-bond donors (Lipinski definition) is 0. The van der Waals surface area contributed by atoms with E-state index in [9.17, 15) is 0 Å². The molecule has 2 aromatic heterocycles. The van der Waals surface area contributed by atoms with Crippen molar-refractivity contribution in [2.24, 2.45) is 0 Å². The second kappa shape index (κ2) is 25.2. The third-order valence-electron chi connectivity index (χ3n) is 18.5. The van der Waals surface area contributed by atoms with Crippen LogP contribution in [-0.2, 0) is 0 Å². The predicted octanol–water partition coefficient (Wildman–Crippen LogP) is 24.5. The molecule has 6 heteroatoms. The number of ether oxygens (including phenoxy) is 2. The summed E-state index contributed by atoms with van der Waals surface area (Å²) in [5.41, 5.74) is 19.9. The lowest BCUT2D eigenvalue weighted by Gasteiger charge is -2.28. The molecular weight excluding hydrogens is 1140 g/mol. The molecular formula is C88H70N4O2. The normalized spacial score (nSPS) is 11.6. The minimum absolute atomic E-state index is 0.591. The maximum atomic E-state index is 6.99. The van der Waals surface area contributed by atoms with E-state index in [2.05, 4.69) is 348 Å². The van der Waals surface area contributed by atoms with E-state index in [0.717, 1.165) is 138 Å². The van der Waals surface area contributed by atoms with Gasteiger partial charge in [-0.15, -0.1) is 0 Å². The molecule has 0 saturated carbocycles. The first-order valence-corrected chi connectivity index (χ1v) is 33.0. The average Bonchev–Trinajstić information content (AvgIpc) is 1.39. The number of anilines is 6. The number of hydrogen-bond acceptors (Lipinski definition) is 4. The molecule has 6 nitrogen and oxygen atoms in total. The van der Waals surface area contributed by atoms with E-state index in [4.69, 9.17) is 9.47 Å². The van der Waals surface area contributed by atoms with E-state index >= 15 is 0 Å². The molecule has 0 bridgehead atoms. The van der Waals surface area contributed by atoms with Gasteiger partial charge in [0, 0.05) is 78.2 Å². The monoisotopic (exact) mass is 1210 g/mol. The average molecular weight is 1220 g/mol. The molecule has 0 N–H and O–H groups in total. The molecule has 0 unspecified atom stereocenters. The molecule has 2 heterocycles. The van der Waals surface area contributed by atoms with Gasteiger partial charge >= 0.3 is 0 Å². The highest BCUT2D eigenvalue weighted by Gasteiger charge is 2.25. The second-order valence-corrected chi connectivity index (χ2v) is 24.4. The zero-order valence-corrected chi connectivity index (χ0v) is 52.9. The molecule has 0 aliphatic carbocycles. The second-order valence-electron chi connectivity index (χ2n) is 24.4. The fraction of sp³-hybridized carbons (Fsp3) is 0.0909. The van der Waals surface area contributed by atoms with Gasteiger partial charge in [-0.1, -0.05) is 209 Å². The van der Waals surface area contributed by atoms with Gasteiger partial charge in [-0.25, -0.2) is 0 Å². The van der Waals surface area contributed by atoms with Crippen molar-refractivity contribution >= 4 is 99.3 Å². The van der Waals surface area contributed by atoms with Crippen molar-refractivity contribution in [2.45, 2.75) is 39.5 Å². The SMILES string of the molecule is CCCCOc1ccc2cc(N(c3cccc(-c4ccccc4)c3)c3ccc4c(c3)c3ccccc3n4-c3ccccc3)ccc2c1-c1c(OCCCC)ccc2cc(N(c3cccc(-c4ccccc4)c3)c3ccc4c(c3)c3ccccc3n4-c3ccccc3)ccc12. The van der Waals surface area contributed by atoms with Crippen LogP contribution in [0.25, 0.3) is 110 Å². The van der Waals surface area contributed by atoms with Gasteiger partial charge in [0.25, 0.3) is 0 Å². The molecule has 0 aliphatic heterocycles. The van der Waals surface area contributed by atoms with Gasteiger partial charge in [0.1, 0.15) is 11.5 Å². The Morgan fingerprint density at radius 3 is 1.04 bits per heavy atom. The fourth-order valence-electron chi connectivity index (χ4n) is 14.0. The summed E-state index contributed by atoms with van der Waals surface area (Å²) in [5.74, 6) is 1.67. The first kappa shape index (κ1) is 57.6. The highest BCUT2D eigenvalue weighted by Crippen LogP contribution is 2.50. The van der Waals surface area contributed by atoms with Gasteiger partial charge < -0.3 is 28.4 Å². The first-order chi connectivity index (χ1) is 46.6. The van der Waals surface area contributed by atoms with Crippen LogP contribution in [0.3, 0.4) is 0 Å². The molecule has 0 atom stereocenters. The molecule has 16 rings (SSSR count). The number of nitrogens with zero attached hydrogens (tertiary/aromatic N) is 4. The van der Waals surface area contributed by atoms with E-state index in [1.165, 1.54) is 43.7 Å². The summed E-state index contributed by atoms with van der Waals surface area (Å²) < 4.78 is 18.8. The Kier molecular flexibility index (Phi) is 15.5. The van der Waals surface area contributed by atoms with Gasteiger partial charge in [-0.2, -0.15) is 0 Å². The quantitative estimate of drug-likeness (QED) is 0.0756. The lowest BCUT2D eigenvalue weighted by atomic mass is 9.91. The first-order valence-electron chi connectivity index (χ1n) is 33.0. The molecule has 0 radical (unpaired) electrons. The Morgan fingerprint density at radius 2 is 0.617 bits per heavy atom. The minimum Gasteiger partial charge on any atom is -0.493 e. The van der Waals surface area contributed by atoms with Crippen molar-refractivity contribution < 1.29 is 9.47 Å². The smallest absolute Gasteiger partial charge is 0.127 e. The zero-order valence-electron chi connectivity index (χ0n) is 52.9. The fourth-order valence-corrected chi connectivity index (χ4v) is 14.0. The highest BCUT2D eigenvalue weighted by atomic mass is 16.5. The number of fused-ring (bicyclic) bond motifs is 8. The maximum Gasteiger partial charge on any atom is 0.127 e. The van der Waals surface area contributed by atoms with Crippen LogP contribution in [0.15, 0.2) is 315 Å². The zero-order chi connectivity index (χ0) is 62.9. The van der Waals surface area contributed by atoms with Gasteiger partial charge in [0.2, 0.25) is 0 Å². The van der Waals surface area contributed by atoms with Gasteiger partial charge in [0.15, 0.2) is 0 Å². The van der Waals surface area contributed by atoms with Crippen molar-refractivity contribution in [2.75, 3.05) is 23.0 Å². The standard InChI is InChI=1S/C88H70N4O2/c1-3-5-53-93-85-51-41-65-57-71(89(69-35-23-29-63(55-69)61-25-11-7-12-26-61)73-45-49-83-79(59-73)77-37-19-21-39-81(77)91(83)67-31-15-9-16-32-67)43-47-75(65)87(85)88-76-48-44-72(58-66(76)42-52-86(88)94-54-6-4-2)90(70-36-24-30-64(56-70)62-27-13-8-14-28-62)74-46-50-84-80(60-74)78-38-20-22-40-82(78)92(84)68-33-17-10-18-34-68/h7-52,55-60H,3-6,53-54H2,1-2H3. The van der Waals surface area contributed by atoms with Crippen LogP contribution < -0.4 is 19.3 Å². The van der Waals surface area contributed by atoms with Crippen LogP contribution in [0.4, 0.5) is 34.1 Å². The number of rotatable bonds is 19.